The number of rotatable bonds is 14. The highest BCUT2D eigenvalue weighted by Crippen LogP contribution is 2.18. The molecule has 0 radical (unpaired) electrons. The summed E-state index contributed by atoms with van der Waals surface area (Å²) in [6.07, 6.45) is 1.99. The lowest BCUT2D eigenvalue weighted by atomic mass is 10.1. The number of hydrogen-bond donors (Lipinski definition) is 1. The molecule has 0 fully saturated rings. The van der Waals surface area contributed by atoms with Crippen LogP contribution in [0.25, 0.3) is 0 Å². The molecule has 0 aliphatic rings. The summed E-state index contributed by atoms with van der Waals surface area (Å²) in [6, 6.07) is 42.7. The SMILES string of the molecule is OC[C@H](CCCN(Cc1ccccc1)Cc1ccccc1)N(Cc1ccccc1)Cc1ccccc1. The van der Waals surface area contributed by atoms with Crippen LogP contribution in [0, 0.1) is 0 Å². The fraction of sp³-hybridized carbons (Fsp3) is 0.273. The van der Waals surface area contributed by atoms with Crippen LogP contribution >= 0.6 is 0 Å². The van der Waals surface area contributed by atoms with Crippen LogP contribution in [0.3, 0.4) is 0 Å². The second kappa shape index (κ2) is 14.4. The Bertz CT molecular complexity index is 1020. The maximum atomic E-state index is 10.4. The molecule has 4 rings (SSSR count). The van der Waals surface area contributed by atoms with Gasteiger partial charge in [-0.25, -0.2) is 0 Å². The van der Waals surface area contributed by atoms with E-state index >= 15 is 0 Å². The highest BCUT2D eigenvalue weighted by Gasteiger charge is 2.19. The van der Waals surface area contributed by atoms with Crippen molar-refractivity contribution in [2.45, 2.75) is 45.1 Å². The van der Waals surface area contributed by atoms with Crippen LogP contribution in [0.5, 0.6) is 0 Å². The van der Waals surface area contributed by atoms with Crippen LogP contribution < -0.4 is 0 Å². The van der Waals surface area contributed by atoms with Gasteiger partial charge in [0.25, 0.3) is 0 Å². The number of aliphatic hydroxyl groups is 1. The molecular formula is C33H38N2O. The lowest BCUT2D eigenvalue weighted by molar-refractivity contribution is 0.0977. The summed E-state index contributed by atoms with van der Waals surface area (Å²) in [5.41, 5.74) is 5.23. The summed E-state index contributed by atoms with van der Waals surface area (Å²) in [5, 5.41) is 10.4. The van der Waals surface area contributed by atoms with E-state index in [1.54, 1.807) is 0 Å². The Morgan fingerprint density at radius 3 is 1.22 bits per heavy atom. The second-order valence-electron chi connectivity index (χ2n) is 9.54. The molecule has 0 heterocycles. The van der Waals surface area contributed by atoms with E-state index in [2.05, 4.69) is 131 Å². The monoisotopic (exact) mass is 478 g/mol. The summed E-state index contributed by atoms with van der Waals surface area (Å²) in [6.45, 7) is 4.67. The first kappa shape index (κ1) is 25.8. The van der Waals surface area contributed by atoms with Crippen LogP contribution in [0.1, 0.15) is 35.1 Å². The molecule has 0 spiro atoms. The fourth-order valence-corrected chi connectivity index (χ4v) is 4.79. The predicted molar refractivity (Wildman–Crippen MR) is 149 cm³/mol. The minimum Gasteiger partial charge on any atom is -0.395 e. The zero-order chi connectivity index (χ0) is 24.8. The van der Waals surface area contributed by atoms with Gasteiger partial charge in [0.15, 0.2) is 0 Å². The van der Waals surface area contributed by atoms with Gasteiger partial charge in [-0.3, -0.25) is 9.80 Å². The van der Waals surface area contributed by atoms with Gasteiger partial charge in [0, 0.05) is 32.2 Å². The van der Waals surface area contributed by atoms with Gasteiger partial charge in [-0.1, -0.05) is 121 Å². The van der Waals surface area contributed by atoms with Gasteiger partial charge < -0.3 is 5.11 Å². The third kappa shape index (κ3) is 8.46. The van der Waals surface area contributed by atoms with Gasteiger partial charge >= 0.3 is 0 Å². The third-order valence-corrected chi connectivity index (χ3v) is 6.69. The molecule has 4 aromatic rings. The Kier molecular flexibility index (Phi) is 10.3. The second-order valence-corrected chi connectivity index (χ2v) is 9.54. The molecule has 3 heteroatoms. The van der Waals surface area contributed by atoms with Crippen LogP contribution in [-0.4, -0.2) is 34.1 Å². The van der Waals surface area contributed by atoms with Crippen molar-refractivity contribution < 1.29 is 5.11 Å². The van der Waals surface area contributed by atoms with Crippen molar-refractivity contribution in [2.24, 2.45) is 0 Å². The smallest absolute Gasteiger partial charge is 0.0587 e. The molecule has 0 saturated heterocycles. The third-order valence-electron chi connectivity index (χ3n) is 6.69. The van der Waals surface area contributed by atoms with E-state index in [0.717, 1.165) is 45.6 Å². The average molecular weight is 479 g/mol. The molecular weight excluding hydrogens is 440 g/mol. The lowest BCUT2D eigenvalue weighted by Gasteiger charge is -2.32. The number of hydrogen-bond acceptors (Lipinski definition) is 3. The summed E-state index contributed by atoms with van der Waals surface area (Å²) in [4.78, 5) is 4.96. The van der Waals surface area contributed by atoms with Crippen molar-refractivity contribution in [2.75, 3.05) is 13.2 Å². The van der Waals surface area contributed by atoms with Crippen molar-refractivity contribution in [1.82, 2.24) is 9.80 Å². The molecule has 3 nitrogen and oxygen atoms in total. The van der Waals surface area contributed by atoms with Gasteiger partial charge in [-0.05, 0) is 41.6 Å². The minimum absolute atomic E-state index is 0.112. The van der Waals surface area contributed by atoms with E-state index < -0.39 is 0 Å². The maximum Gasteiger partial charge on any atom is 0.0587 e. The van der Waals surface area contributed by atoms with Gasteiger partial charge in [0.05, 0.1) is 6.61 Å². The van der Waals surface area contributed by atoms with Crippen LogP contribution in [0.15, 0.2) is 121 Å². The first-order chi connectivity index (χ1) is 17.8. The average Bonchev–Trinajstić information content (AvgIpc) is 2.93. The topological polar surface area (TPSA) is 26.7 Å². The lowest BCUT2D eigenvalue weighted by Crippen LogP contribution is -2.38. The van der Waals surface area contributed by atoms with E-state index in [-0.39, 0.29) is 12.6 Å². The van der Waals surface area contributed by atoms with Gasteiger partial charge in [-0.2, -0.15) is 0 Å². The van der Waals surface area contributed by atoms with Crippen molar-refractivity contribution >= 4 is 0 Å². The van der Waals surface area contributed by atoms with E-state index in [9.17, 15) is 5.11 Å². The van der Waals surface area contributed by atoms with Gasteiger partial charge in [-0.15, -0.1) is 0 Å². The molecule has 0 unspecified atom stereocenters. The van der Waals surface area contributed by atoms with E-state index in [4.69, 9.17) is 0 Å². The van der Waals surface area contributed by atoms with Crippen LogP contribution in [0.4, 0.5) is 0 Å². The van der Waals surface area contributed by atoms with Crippen molar-refractivity contribution in [3.05, 3.63) is 144 Å². The number of nitrogens with zero attached hydrogens (tertiary/aromatic N) is 2. The van der Waals surface area contributed by atoms with Gasteiger partial charge in [0.1, 0.15) is 0 Å². The molecule has 1 atom stereocenters. The maximum absolute atomic E-state index is 10.4. The zero-order valence-corrected chi connectivity index (χ0v) is 21.1. The summed E-state index contributed by atoms with van der Waals surface area (Å²) in [5.74, 6) is 0. The Labute approximate surface area is 216 Å². The first-order valence-corrected chi connectivity index (χ1v) is 13.0. The van der Waals surface area contributed by atoms with Crippen LogP contribution in [-0.2, 0) is 26.2 Å². The molecule has 0 amide bonds. The molecule has 0 bridgehead atoms. The van der Waals surface area contributed by atoms with Gasteiger partial charge in [0.2, 0.25) is 0 Å². The van der Waals surface area contributed by atoms with E-state index in [0.29, 0.717) is 0 Å². The molecule has 36 heavy (non-hydrogen) atoms. The zero-order valence-electron chi connectivity index (χ0n) is 21.1. The van der Waals surface area contributed by atoms with Crippen LogP contribution in [0.2, 0.25) is 0 Å². The molecule has 0 aliphatic heterocycles. The van der Waals surface area contributed by atoms with Crippen molar-refractivity contribution in [3.63, 3.8) is 0 Å². The van der Waals surface area contributed by atoms with E-state index in [1.165, 1.54) is 22.3 Å². The quantitative estimate of drug-likeness (QED) is 0.223. The minimum atomic E-state index is 0.112. The van der Waals surface area contributed by atoms with Crippen molar-refractivity contribution in [3.8, 4) is 0 Å². The van der Waals surface area contributed by atoms with Crippen molar-refractivity contribution in [1.29, 1.82) is 0 Å². The van der Waals surface area contributed by atoms with E-state index in [1.807, 2.05) is 0 Å². The number of benzene rings is 4. The summed E-state index contributed by atoms with van der Waals surface area (Å²) >= 11 is 0. The Morgan fingerprint density at radius 2 is 0.861 bits per heavy atom. The Morgan fingerprint density at radius 1 is 0.500 bits per heavy atom. The predicted octanol–water partition coefficient (Wildman–Crippen LogP) is 6.53. The standard InChI is InChI=1S/C33H38N2O/c36-28-33(35(26-31-18-9-3-10-19-31)27-32-20-11-4-12-21-32)22-13-23-34(24-29-14-5-1-6-15-29)25-30-16-7-2-8-17-30/h1-12,14-21,33,36H,13,22-28H2/t33-/m0/s1. The molecule has 0 aliphatic carbocycles. The molecule has 186 valence electrons. The summed E-state index contributed by atoms with van der Waals surface area (Å²) in [7, 11) is 0. The molecule has 1 N–H and O–H groups in total. The summed E-state index contributed by atoms with van der Waals surface area (Å²) < 4.78 is 0. The largest absolute Gasteiger partial charge is 0.395 e. The fourth-order valence-electron chi connectivity index (χ4n) is 4.79. The highest BCUT2D eigenvalue weighted by atomic mass is 16.3. The first-order valence-electron chi connectivity index (χ1n) is 13.0. The number of aliphatic hydroxyl groups excluding tert-OH is 1. The molecule has 0 saturated carbocycles. The Hall–Kier alpha value is -3.24. The Balaban J connectivity index is 1.42. The normalized spacial score (nSPS) is 12.2. The highest BCUT2D eigenvalue weighted by molar-refractivity contribution is 5.18. The molecule has 0 aromatic heterocycles. The molecule has 4 aromatic carbocycles.